The summed E-state index contributed by atoms with van der Waals surface area (Å²) < 4.78 is 3.83. The predicted octanol–water partition coefficient (Wildman–Crippen LogP) is 1.94. The van der Waals surface area contributed by atoms with Crippen molar-refractivity contribution in [2.45, 2.75) is 38.3 Å². The molecule has 28 heavy (non-hydrogen) atoms. The van der Waals surface area contributed by atoms with Gasteiger partial charge < -0.3 is 9.88 Å². The molecule has 1 aliphatic carbocycles. The molecule has 1 N–H and O–H groups in total. The summed E-state index contributed by atoms with van der Waals surface area (Å²) in [5, 5.41) is 15.9. The topological polar surface area (TPSA) is 94.7 Å². The highest BCUT2D eigenvalue weighted by Crippen LogP contribution is 2.36. The molecule has 0 spiro atoms. The van der Waals surface area contributed by atoms with Gasteiger partial charge in [0.15, 0.2) is 11.6 Å². The first-order valence-corrected chi connectivity index (χ1v) is 9.28. The number of benzene rings is 1. The van der Waals surface area contributed by atoms with Gasteiger partial charge in [-0.1, -0.05) is 12.1 Å². The molecule has 8 nitrogen and oxygen atoms in total. The normalized spacial score (nSPS) is 18.5. The maximum atomic E-state index is 12.4. The van der Waals surface area contributed by atoms with Crippen molar-refractivity contribution in [3.8, 4) is 0 Å². The lowest BCUT2D eigenvalue weighted by Gasteiger charge is -2.35. The van der Waals surface area contributed by atoms with Gasteiger partial charge in [-0.2, -0.15) is 5.10 Å². The highest BCUT2D eigenvalue weighted by atomic mass is 16.1. The summed E-state index contributed by atoms with van der Waals surface area (Å²) in [6.07, 6.45) is 5.31. The maximum Gasteiger partial charge on any atom is 0.251 e. The minimum absolute atomic E-state index is 0.00982. The van der Waals surface area contributed by atoms with Crippen LogP contribution in [0.15, 0.2) is 42.7 Å². The number of aromatic nitrogens is 5. The second kappa shape index (κ2) is 7.38. The van der Waals surface area contributed by atoms with Crippen LogP contribution >= 0.6 is 0 Å². The van der Waals surface area contributed by atoms with Gasteiger partial charge in [0.2, 0.25) is 0 Å². The van der Waals surface area contributed by atoms with Crippen LogP contribution in [-0.2, 0) is 13.6 Å². The van der Waals surface area contributed by atoms with Gasteiger partial charge in [-0.3, -0.25) is 14.3 Å². The average Bonchev–Trinajstić information content (AvgIpc) is 3.29. The highest BCUT2D eigenvalue weighted by molar-refractivity contribution is 5.97. The number of nitrogens with one attached hydrogen (secondary N) is 1. The molecule has 1 aromatic carbocycles. The number of rotatable bonds is 6. The number of ketones is 1. The fraction of sp³-hybridized carbons (Fsp3) is 0.350. The summed E-state index contributed by atoms with van der Waals surface area (Å²) in [5.74, 6) is 1.96. The SMILES string of the molecule is CC(=O)c1ccc(C(=O)NC2CC(c3nnc(Cn4cccn4)n3C)C2)cc1. The third-order valence-corrected chi connectivity index (χ3v) is 5.25. The number of nitrogens with zero attached hydrogens (tertiary/aromatic N) is 5. The summed E-state index contributed by atoms with van der Waals surface area (Å²) >= 11 is 0. The second-order valence-electron chi connectivity index (χ2n) is 7.21. The minimum Gasteiger partial charge on any atom is -0.349 e. The highest BCUT2D eigenvalue weighted by Gasteiger charge is 2.35. The van der Waals surface area contributed by atoms with Crippen LogP contribution in [0.3, 0.4) is 0 Å². The number of carbonyl (C=O) groups excluding carboxylic acids is 2. The first-order valence-electron chi connectivity index (χ1n) is 9.28. The van der Waals surface area contributed by atoms with Crippen molar-refractivity contribution >= 4 is 11.7 Å². The molecule has 3 aromatic rings. The summed E-state index contributed by atoms with van der Waals surface area (Å²) in [6, 6.07) is 8.74. The molecule has 1 amide bonds. The summed E-state index contributed by atoms with van der Waals surface area (Å²) in [7, 11) is 1.97. The van der Waals surface area contributed by atoms with Gasteiger partial charge in [-0.05, 0) is 38.0 Å². The van der Waals surface area contributed by atoms with E-state index in [-0.39, 0.29) is 23.7 Å². The lowest BCUT2D eigenvalue weighted by atomic mass is 9.79. The number of carbonyl (C=O) groups is 2. The van der Waals surface area contributed by atoms with E-state index in [0.29, 0.717) is 17.7 Å². The van der Waals surface area contributed by atoms with E-state index in [1.54, 1.807) is 30.5 Å². The first-order chi connectivity index (χ1) is 13.5. The molecule has 0 aliphatic heterocycles. The Morgan fingerprint density at radius 2 is 1.86 bits per heavy atom. The van der Waals surface area contributed by atoms with Crippen LogP contribution in [0.2, 0.25) is 0 Å². The fourth-order valence-corrected chi connectivity index (χ4v) is 3.48. The van der Waals surface area contributed by atoms with Crippen molar-refractivity contribution in [3.63, 3.8) is 0 Å². The van der Waals surface area contributed by atoms with E-state index in [1.165, 1.54) is 6.92 Å². The number of hydrogen-bond acceptors (Lipinski definition) is 5. The average molecular weight is 378 g/mol. The van der Waals surface area contributed by atoms with Crippen LogP contribution < -0.4 is 5.32 Å². The third kappa shape index (κ3) is 3.58. The lowest BCUT2D eigenvalue weighted by Crippen LogP contribution is -2.44. The Morgan fingerprint density at radius 1 is 1.14 bits per heavy atom. The Labute approximate surface area is 162 Å². The van der Waals surface area contributed by atoms with Gasteiger partial charge >= 0.3 is 0 Å². The molecule has 0 atom stereocenters. The number of Topliss-reactive ketones (excluding diaryl/α,β-unsaturated/α-hetero) is 1. The molecular formula is C20H22N6O2. The van der Waals surface area contributed by atoms with E-state index < -0.39 is 0 Å². The molecule has 2 aromatic heterocycles. The molecule has 0 unspecified atom stereocenters. The molecule has 1 saturated carbocycles. The Morgan fingerprint density at radius 3 is 2.50 bits per heavy atom. The largest absolute Gasteiger partial charge is 0.349 e. The zero-order valence-electron chi connectivity index (χ0n) is 15.9. The van der Waals surface area contributed by atoms with Gasteiger partial charge in [0, 0.05) is 42.5 Å². The van der Waals surface area contributed by atoms with Gasteiger partial charge in [0.1, 0.15) is 12.4 Å². The van der Waals surface area contributed by atoms with Crippen LogP contribution in [0.4, 0.5) is 0 Å². The zero-order valence-corrected chi connectivity index (χ0v) is 15.9. The van der Waals surface area contributed by atoms with E-state index in [0.717, 1.165) is 24.5 Å². The van der Waals surface area contributed by atoms with E-state index >= 15 is 0 Å². The van der Waals surface area contributed by atoms with E-state index in [1.807, 2.05) is 28.6 Å². The molecule has 2 heterocycles. The molecule has 144 valence electrons. The molecule has 1 fully saturated rings. The minimum atomic E-state index is -0.115. The van der Waals surface area contributed by atoms with Crippen LogP contribution in [-0.4, -0.2) is 42.3 Å². The van der Waals surface area contributed by atoms with Gasteiger partial charge in [0.25, 0.3) is 5.91 Å². The van der Waals surface area contributed by atoms with Crippen molar-refractivity contribution in [2.75, 3.05) is 0 Å². The van der Waals surface area contributed by atoms with Crippen molar-refractivity contribution in [2.24, 2.45) is 7.05 Å². The van der Waals surface area contributed by atoms with Crippen molar-refractivity contribution in [3.05, 3.63) is 65.5 Å². The van der Waals surface area contributed by atoms with Crippen LogP contribution in [0.5, 0.6) is 0 Å². The van der Waals surface area contributed by atoms with E-state index in [9.17, 15) is 9.59 Å². The molecule has 1 aliphatic rings. The second-order valence-corrected chi connectivity index (χ2v) is 7.21. The summed E-state index contributed by atoms with van der Waals surface area (Å²) in [4.78, 5) is 23.7. The smallest absolute Gasteiger partial charge is 0.251 e. The number of amides is 1. The van der Waals surface area contributed by atoms with Gasteiger partial charge in [-0.15, -0.1) is 10.2 Å². The maximum absolute atomic E-state index is 12.4. The van der Waals surface area contributed by atoms with Crippen LogP contribution in [0.1, 0.15) is 58.0 Å². The van der Waals surface area contributed by atoms with Crippen molar-refractivity contribution in [1.82, 2.24) is 29.9 Å². The third-order valence-electron chi connectivity index (χ3n) is 5.25. The van der Waals surface area contributed by atoms with E-state index in [2.05, 4.69) is 20.6 Å². The monoisotopic (exact) mass is 378 g/mol. The Bertz CT molecular complexity index is 984. The quantitative estimate of drug-likeness (QED) is 0.662. The van der Waals surface area contributed by atoms with E-state index in [4.69, 9.17) is 0 Å². The lowest BCUT2D eigenvalue weighted by molar-refractivity contribution is 0.0905. The van der Waals surface area contributed by atoms with Crippen LogP contribution in [0.25, 0.3) is 0 Å². The van der Waals surface area contributed by atoms with Gasteiger partial charge in [-0.25, -0.2) is 0 Å². The molecule has 8 heteroatoms. The Hall–Kier alpha value is -3.29. The fourth-order valence-electron chi connectivity index (χ4n) is 3.48. The molecule has 4 rings (SSSR count). The van der Waals surface area contributed by atoms with Crippen molar-refractivity contribution in [1.29, 1.82) is 0 Å². The number of hydrogen-bond donors (Lipinski definition) is 1. The Kier molecular flexibility index (Phi) is 4.77. The van der Waals surface area contributed by atoms with Crippen molar-refractivity contribution < 1.29 is 9.59 Å². The first kappa shape index (κ1) is 18.1. The predicted molar refractivity (Wildman–Crippen MR) is 102 cm³/mol. The molecular weight excluding hydrogens is 356 g/mol. The Balaban J connectivity index is 1.33. The standard InChI is InChI=1S/C20H22N6O2/c1-13(27)14-4-6-15(7-5-14)20(28)22-17-10-16(11-17)19-24-23-18(25(19)2)12-26-9-3-8-21-26/h3-9,16-17H,10-12H2,1-2H3,(H,22,28). The zero-order chi connectivity index (χ0) is 19.7. The van der Waals surface area contributed by atoms with Gasteiger partial charge in [0.05, 0.1) is 0 Å². The molecule has 0 saturated heterocycles. The summed E-state index contributed by atoms with van der Waals surface area (Å²) in [6.45, 7) is 2.09. The molecule has 0 radical (unpaired) electrons. The molecule has 0 bridgehead atoms. The van der Waals surface area contributed by atoms with Crippen LogP contribution in [0, 0.1) is 0 Å². The summed E-state index contributed by atoms with van der Waals surface area (Å²) in [5.41, 5.74) is 1.17.